The van der Waals surface area contributed by atoms with Gasteiger partial charge in [-0.25, -0.2) is 0 Å². The van der Waals surface area contributed by atoms with Crippen molar-refractivity contribution in [1.29, 1.82) is 0 Å². The summed E-state index contributed by atoms with van der Waals surface area (Å²) in [5, 5.41) is 9.82. The van der Waals surface area contributed by atoms with E-state index in [0.717, 1.165) is 20.1 Å². The van der Waals surface area contributed by atoms with Crippen LogP contribution in [0.3, 0.4) is 0 Å². The fourth-order valence-electron chi connectivity index (χ4n) is 1.58. The van der Waals surface area contributed by atoms with Gasteiger partial charge in [-0.05, 0) is 67.3 Å². The highest BCUT2D eigenvalue weighted by Crippen LogP contribution is 2.35. The predicted octanol–water partition coefficient (Wildman–Crippen LogP) is 4.94. The fourth-order valence-corrected chi connectivity index (χ4v) is 3.21. The summed E-state index contributed by atoms with van der Waals surface area (Å²) < 4.78 is 7.39. The molecular weight excluding hydrogens is 395 g/mol. The number of benzene rings is 2. The van der Waals surface area contributed by atoms with Crippen LogP contribution in [0.1, 0.15) is 11.1 Å². The molecule has 0 radical (unpaired) electrons. The Hall–Kier alpha value is -0.550. The Morgan fingerprint density at radius 1 is 1.00 bits per heavy atom. The third-order valence-electron chi connectivity index (χ3n) is 2.54. The molecule has 0 heterocycles. The molecule has 2 nitrogen and oxygen atoms in total. The highest BCUT2D eigenvalue weighted by Gasteiger charge is 2.09. The average Bonchev–Trinajstić information content (AvgIpc) is 2.39. The molecule has 0 bridgehead atoms. The number of aliphatic hydroxyl groups is 1. The van der Waals surface area contributed by atoms with E-state index in [1.54, 1.807) is 0 Å². The second-order valence-electron chi connectivity index (χ2n) is 3.96. The lowest BCUT2D eigenvalue weighted by Crippen LogP contribution is -1.97. The zero-order valence-electron chi connectivity index (χ0n) is 9.87. The summed E-state index contributed by atoms with van der Waals surface area (Å²) in [7, 11) is 0. The minimum absolute atomic E-state index is 0.00529. The number of aliphatic hydroxyl groups excluding tert-OH is 1. The average molecular weight is 407 g/mol. The monoisotopic (exact) mass is 404 g/mol. The third-order valence-corrected chi connectivity index (χ3v) is 3.97. The van der Waals surface area contributed by atoms with E-state index < -0.39 is 0 Å². The number of ether oxygens (including phenoxy) is 1. The van der Waals surface area contributed by atoms with Crippen molar-refractivity contribution < 1.29 is 9.84 Å². The minimum atomic E-state index is -0.00529. The Bertz CT molecular complexity index is 547. The molecule has 0 saturated heterocycles. The van der Waals surface area contributed by atoms with Crippen molar-refractivity contribution >= 4 is 43.5 Å². The van der Waals surface area contributed by atoms with Gasteiger partial charge in [0.15, 0.2) is 0 Å². The zero-order chi connectivity index (χ0) is 13.8. The summed E-state index contributed by atoms with van der Waals surface area (Å²) in [5.41, 5.74) is 1.85. The van der Waals surface area contributed by atoms with Gasteiger partial charge in [0, 0.05) is 5.02 Å². The van der Waals surface area contributed by atoms with Crippen molar-refractivity contribution in [3.05, 3.63) is 61.5 Å². The molecule has 0 aromatic heterocycles. The van der Waals surface area contributed by atoms with Crippen molar-refractivity contribution in [2.45, 2.75) is 13.2 Å². The van der Waals surface area contributed by atoms with Gasteiger partial charge >= 0.3 is 0 Å². The normalized spacial score (nSPS) is 10.5. The van der Waals surface area contributed by atoms with Gasteiger partial charge in [-0.2, -0.15) is 0 Å². The van der Waals surface area contributed by atoms with Crippen LogP contribution in [0.15, 0.2) is 45.3 Å². The van der Waals surface area contributed by atoms with Gasteiger partial charge in [0.1, 0.15) is 12.4 Å². The molecule has 0 fully saturated rings. The maximum atomic E-state index is 9.12. The molecule has 2 aromatic carbocycles. The molecule has 0 spiro atoms. The van der Waals surface area contributed by atoms with Crippen LogP contribution in [-0.4, -0.2) is 5.11 Å². The SMILES string of the molecule is OCc1cc(Br)c(OCc2ccc(Cl)cc2)c(Br)c1. The molecule has 0 amide bonds. The Morgan fingerprint density at radius 2 is 1.58 bits per heavy atom. The summed E-state index contributed by atoms with van der Waals surface area (Å²) in [5.74, 6) is 0.715. The lowest BCUT2D eigenvalue weighted by atomic mass is 10.2. The Labute approximate surface area is 133 Å². The molecule has 19 heavy (non-hydrogen) atoms. The van der Waals surface area contributed by atoms with Crippen LogP contribution in [0.5, 0.6) is 5.75 Å². The van der Waals surface area contributed by atoms with E-state index in [2.05, 4.69) is 31.9 Å². The topological polar surface area (TPSA) is 29.5 Å². The van der Waals surface area contributed by atoms with Crippen LogP contribution >= 0.6 is 43.5 Å². The van der Waals surface area contributed by atoms with Gasteiger partial charge in [-0.1, -0.05) is 23.7 Å². The highest BCUT2D eigenvalue weighted by atomic mass is 79.9. The van der Waals surface area contributed by atoms with Gasteiger partial charge in [0.05, 0.1) is 15.6 Å². The first-order valence-corrected chi connectivity index (χ1v) is 7.52. The predicted molar refractivity (Wildman–Crippen MR) is 83.5 cm³/mol. The second kappa shape index (κ2) is 6.75. The van der Waals surface area contributed by atoms with Gasteiger partial charge in [0.2, 0.25) is 0 Å². The summed E-state index contributed by atoms with van der Waals surface area (Å²) in [4.78, 5) is 0. The van der Waals surface area contributed by atoms with E-state index >= 15 is 0 Å². The van der Waals surface area contributed by atoms with Crippen LogP contribution < -0.4 is 4.74 Å². The van der Waals surface area contributed by atoms with Crippen molar-refractivity contribution in [3.8, 4) is 5.75 Å². The quantitative estimate of drug-likeness (QED) is 0.780. The van der Waals surface area contributed by atoms with Crippen LogP contribution in [0, 0.1) is 0 Å². The zero-order valence-corrected chi connectivity index (χ0v) is 13.8. The highest BCUT2D eigenvalue weighted by molar-refractivity contribution is 9.11. The number of hydrogen-bond donors (Lipinski definition) is 1. The van der Waals surface area contributed by atoms with E-state index in [1.165, 1.54) is 0 Å². The van der Waals surface area contributed by atoms with E-state index in [1.807, 2.05) is 36.4 Å². The van der Waals surface area contributed by atoms with Crippen molar-refractivity contribution in [2.75, 3.05) is 0 Å². The van der Waals surface area contributed by atoms with Gasteiger partial charge < -0.3 is 9.84 Å². The van der Waals surface area contributed by atoms with E-state index in [-0.39, 0.29) is 6.61 Å². The maximum absolute atomic E-state index is 9.12. The van der Waals surface area contributed by atoms with Crippen LogP contribution in [0.4, 0.5) is 0 Å². The lowest BCUT2D eigenvalue weighted by molar-refractivity contribution is 0.280. The Morgan fingerprint density at radius 3 is 2.11 bits per heavy atom. The first-order chi connectivity index (χ1) is 9.10. The largest absolute Gasteiger partial charge is 0.487 e. The number of rotatable bonds is 4. The molecule has 0 unspecified atom stereocenters. The summed E-state index contributed by atoms with van der Waals surface area (Å²) >= 11 is 12.7. The summed E-state index contributed by atoms with van der Waals surface area (Å²) in [6.45, 7) is 0.446. The molecule has 0 aliphatic heterocycles. The van der Waals surface area contributed by atoms with Gasteiger partial charge in [-0.3, -0.25) is 0 Å². The van der Waals surface area contributed by atoms with Crippen molar-refractivity contribution in [3.63, 3.8) is 0 Å². The molecule has 0 atom stereocenters. The van der Waals surface area contributed by atoms with Crippen LogP contribution in [0.25, 0.3) is 0 Å². The molecule has 2 rings (SSSR count). The molecule has 5 heteroatoms. The van der Waals surface area contributed by atoms with Crippen molar-refractivity contribution in [1.82, 2.24) is 0 Å². The minimum Gasteiger partial charge on any atom is -0.487 e. The third kappa shape index (κ3) is 3.96. The standard InChI is InChI=1S/C14H11Br2ClO2/c15-12-5-10(7-18)6-13(16)14(12)19-8-9-1-3-11(17)4-2-9/h1-6,18H,7-8H2. The maximum Gasteiger partial charge on any atom is 0.148 e. The first kappa shape index (κ1) is 14.9. The molecule has 100 valence electrons. The molecule has 1 N–H and O–H groups in total. The smallest absolute Gasteiger partial charge is 0.148 e. The fraction of sp³-hybridized carbons (Fsp3) is 0.143. The number of hydrogen-bond acceptors (Lipinski definition) is 2. The van der Waals surface area contributed by atoms with Crippen LogP contribution in [-0.2, 0) is 13.2 Å². The van der Waals surface area contributed by atoms with Crippen LogP contribution in [0.2, 0.25) is 5.02 Å². The molecular formula is C14H11Br2ClO2. The van der Waals surface area contributed by atoms with E-state index in [9.17, 15) is 0 Å². The molecule has 0 aliphatic rings. The second-order valence-corrected chi connectivity index (χ2v) is 6.11. The van der Waals surface area contributed by atoms with E-state index in [4.69, 9.17) is 21.4 Å². The summed E-state index contributed by atoms with van der Waals surface area (Å²) in [6.07, 6.45) is 0. The molecule has 2 aromatic rings. The van der Waals surface area contributed by atoms with Crippen molar-refractivity contribution in [2.24, 2.45) is 0 Å². The van der Waals surface area contributed by atoms with Gasteiger partial charge in [0.25, 0.3) is 0 Å². The Balaban J connectivity index is 2.13. The molecule has 0 saturated carbocycles. The lowest BCUT2D eigenvalue weighted by Gasteiger charge is -2.11. The van der Waals surface area contributed by atoms with Gasteiger partial charge in [-0.15, -0.1) is 0 Å². The van der Waals surface area contributed by atoms with E-state index in [0.29, 0.717) is 17.4 Å². The molecule has 0 aliphatic carbocycles. The number of halogens is 3. The first-order valence-electron chi connectivity index (χ1n) is 5.56. The Kier molecular flexibility index (Phi) is 5.28. The summed E-state index contributed by atoms with van der Waals surface area (Å²) in [6, 6.07) is 11.2.